The minimum atomic E-state index is -0.372. The van der Waals surface area contributed by atoms with Crippen molar-refractivity contribution in [3.8, 4) is 0 Å². The first-order valence-corrected chi connectivity index (χ1v) is 9.22. The minimum absolute atomic E-state index is 0.0552. The van der Waals surface area contributed by atoms with Crippen LogP contribution in [0.25, 0.3) is 0 Å². The number of rotatable bonds is 6. The van der Waals surface area contributed by atoms with E-state index in [1.165, 1.54) is 0 Å². The maximum atomic E-state index is 12.1. The van der Waals surface area contributed by atoms with Crippen molar-refractivity contribution in [3.63, 3.8) is 0 Å². The standard InChI is InChI=1S/C19H25N5O3/c1-12(2)21-19(26)27-15-7-6-13(9-15)16-11-17(24-23-16)22-18(25)10-14-5-3-4-8-20-14/h3-5,8,11-13,15H,6-7,9-10H2,1-2H3,(H,21,26)(H2,22,23,24,25)/t13-,15+/m1/s1. The number of aromatic amines is 1. The van der Waals surface area contributed by atoms with Crippen LogP contribution in [0.3, 0.4) is 0 Å². The van der Waals surface area contributed by atoms with Gasteiger partial charge in [0.05, 0.1) is 6.42 Å². The predicted molar refractivity (Wildman–Crippen MR) is 100 cm³/mol. The number of pyridine rings is 1. The average Bonchev–Trinajstić information content (AvgIpc) is 3.24. The van der Waals surface area contributed by atoms with E-state index in [0.717, 1.165) is 25.0 Å². The lowest BCUT2D eigenvalue weighted by molar-refractivity contribution is -0.115. The lowest BCUT2D eigenvalue weighted by atomic mass is 10.0. The van der Waals surface area contributed by atoms with Gasteiger partial charge in [-0.1, -0.05) is 6.07 Å². The van der Waals surface area contributed by atoms with Crippen molar-refractivity contribution in [2.45, 2.75) is 57.6 Å². The van der Waals surface area contributed by atoms with E-state index in [1.807, 2.05) is 38.1 Å². The highest BCUT2D eigenvalue weighted by Gasteiger charge is 2.30. The SMILES string of the molecule is CC(C)NC(=O)O[C@H]1CC[C@@H](c2cc(NC(=O)Cc3ccccn3)n[nH]2)C1. The topological polar surface area (TPSA) is 109 Å². The van der Waals surface area contributed by atoms with Gasteiger partial charge in [-0.15, -0.1) is 0 Å². The Kier molecular flexibility index (Phi) is 6.05. The van der Waals surface area contributed by atoms with Crippen molar-refractivity contribution < 1.29 is 14.3 Å². The van der Waals surface area contributed by atoms with E-state index in [2.05, 4.69) is 25.8 Å². The molecular weight excluding hydrogens is 346 g/mol. The van der Waals surface area contributed by atoms with Crippen LogP contribution in [0.5, 0.6) is 0 Å². The second-order valence-corrected chi connectivity index (χ2v) is 7.09. The third kappa shape index (κ3) is 5.54. The van der Waals surface area contributed by atoms with Crippen LogP contribution in [0.4, 0.5) is 10.6 Å². The second kappa shape index (κ2) is 8.66. The molecule has 2 atom stereocenters. The van der Waals surface area contributed by atoms with E-state index in [-0.39, 0.29) is 36.5 Å². The number of anilines is 1. The number of aromatic nitrogens is 3. The summed E-state index contributed by atoms with van der Waals surface area (Å²) in [6.07, 6.45) is 3.86. The molecule has 3 N–H and O–H groups in total. The van der Waals surface area contributed by atoms with E-state index in [0.29, 0.717) is 11.5 Å². The average molecular weight is 371 g/mol. The van der Waals surface area contributed by atoms with Crippen molar-refractivity contribution in [1.82, 2.24) is 20.5 Å². The normalized spacial score (nSPS) is 19.1. The third-order valence-corrected chi connectivity index (χ3v) is 4.44. The zero-order valence-electron chi connectivity index (χ0n) is 15.6. The van der Waals surface area contributed by atoms with Crippen LogP contribution >= 0.6 is 0 Å². The zero-order chi connectivity index (χ0) is 19.2. The summed E-state index contributed by atoms with van der Waals surface area (Å²) in [5, 5.41) is 12.7. The van der Waals surface area contributed by atoms with Gasteiger partial charge >= 0.3 is 6.09 Å². The molecule has 0 aromatic carbocycles. The Balaban J connectivity index is 1.49. The third-order valence-electron chi connectivity index (χ3n) is 4.44. The molecule has 8 heteroatoms. The molecule has 1 aliphatic carbocycles. The monoisotopic (exact) mass is 371 g/mol. The lowest BCUT2D eigenvalue weighted by Gasteiger charge is -2.14. The molecule has 27 heavy (non-hydrogen) atoms. The fraction of sp³-hybridized carbons (Fsp3) is 0.474. The summed E-state index contributed by atoms with van der Waals surface area (Å²) in [7, 11) is 0. The Morgan fingerprint density at radius 3 is 2.93 bits per heavy atom. The molecule has 1 aliphatic rings. The summed E-state index contributed by atoms with van der Waals surface area (Å²) < 4.78 is 5.45. The Hall–Kier alpha value is -2.90. The fourth-order valence-electron chi connectivity index (χ4n) is 3.21. The molecule has 0 radical (unpaired) electrons. The zero-order valence-corrected chi connectivity index (χ0v) is 15.6. The summed E-state index contributed by atoms with van der Waals surface area (Å²) >= 11 is 0. The smallest absolute Gasteiger partial charge is 0.407 e. The highest BCUT2D eigenvalue weighted by atomic mass is 16.6. The maximum absolute atomic E-state index is 12.1. The van der Waals surface area contributed by atoms with Crippen LogP contribution in [0.1, 0.15) is 50.4 Å². The molecule has 8 nitrogen and oxygen atoms in total. The molecule has 2 amide bonds. The summed E-state index contributed by atoms with van der Waals surface area (Å²) in [5.74, 6) is 0.563. The van der Waals surface area contributed by atoms with Gasteiger partial charge in [-0.05, 0) is 45.2 Å². The molecule has 3 rings (SSSR count). The van der Waals surface area contributed by atoms with E-state index >= 15 is 0 Å². The molecule has 0 spiro atoms. The molecule has 1 fully saturated rings. The number of nitrogens with one attached hydrogen (secondary N) is 3. The Labute approximate surface area is 158 Å². The van der Waals surface area contributed by atoms with Crippen molar-refractivity contribution in [3.05, 3.63) is 41.9 Å². The van der Waals surface area contributed by atoms with Gasteiger partial charge in [-0.3, -0.25) is 14.9 Å². The minimum Gasteiger partial charge on any atom is -0.446 e. The summed E-state index contributed by atoms with van der Waals surface area (Å²) in [5.41, 5.74) is 1.65. The van der Waals surface area contributed by atoms with Crippen LogP contribution in [0, 0.1) is 0 Å². The van der Waals surface area contributed by atoms with Gasteiger partial charge in [0, 0.05) is 35.6 Å². The van der Waals surface area contributed by atoms with E-state index in [4.69, 9.17) is 4.74 Å². The molecule has 1 saturated carbocycles. The van der Waals surface area contributed by atoms with E-state index < -0.39 is 0 Å². The largest absolute Gasteiger partial charge is 0.446 e. The number of nitrogens with zero attached hydrogens (tertiary/aromatic N) is 2. The van der Waals surface area contributed by atoms with Crippen LogP contribution in [0.15, 0.2) is 30.5 Å². The molecule has 144 valence electrons. The van der Waals surface area contributed by atoms with Gasteiger partial charge in [-0.25, -0.2) is 4.79 Å². The number of alkyl carbamates (subject to hydrolysis) is 1. The van der Waals surface area contributed by atoms with Gasteiger partial charge in [0.25, 0.3) is 0 Å². The molecule has 0 aliphatic heterocycles. The first-order valence-electron chi connectivity index (χ1n) is 9.22. The van der Waals surface area contributed by atoms with Crippen molar-refractivity contribution >= 4 is 17.8 Å². The van der Waals surface area contributed by atoms with Gasteiger partial charge < -0.3 is 15.4 Å². The number of carbonyl (C=O) groups excluding carboxylic acids is 2. The summed E-state index contributed by atoms with van der Waals surface area (Å²) in [4.78, 5) is 28.0. The molecule has 2 aromatic heterocycles. The quantitative estimate of drug-likeness (QED) is 0.723. The van der Waals surface area contributed by atoms with Crippen LogP contribution in [0.2, 0.25) is 0 Å². The van der Waals surface area contributed by atoms with Crippen molar-refractivity contribution in [1.29, 1.82) is 0 Å². The predicted octanol–water partition coefficient (Wildman–Crippen LogP) is 2.76. The first-order chi connectivity index (χ1) is 13.0. The highest BCUT2D eigenvalue weighted by Crippen LogP contribution is 2.35. The molecule has 0 unspecified atom stereocenters. The van der Waals surface area contributed by atoms with Gasteiger partial charge in [0.1, 0.15) is 6.10 Å². The number of ether oxygens (including phenoxy) is 1. The van der Waals surface area contributed by atoms with E-state index in [1.54, 1.807) is 6.20 Å². The Bertz CT molecular complexity index is 775. The van der Waals surface area contributed by atoms with Crippen molar-refractivity contribution in [2.24, 2.45) is 0 Å². The first kappa shape index (κ1) is 18.9. The van der Waals surface area contributed by atoms with Crippen LogP contribution < -0.4 is 10.6 Å². The summed E-state index contributed by atoms with van der Waals surface area (Å²) in [6.45, 7) is 3.79. The number of hydrogen-bond donors (Lipinski definition) is 3. The summed E-state index contributed by atoms with van der Waals surface area (Å²) in [6, 6.07) is 7.37. The van der Waals surface area contributed by atoms with Crippen LogP contribution in [-0.2, 0) is 16.0 Å². The molecular formula is C19H25N5O3. The number of amides is 2. The van der Waals surface area contributed by atoms with E-state index in [9.17, 15) is 9.59 Å². The Morgan fingerprint density at radius 2 is 2.19 bits per heavy atom. The van der Waals surface area contributed by atoms with Gasteiger partial charge in [0.2, 0.25) is 5.91 Å². The second-order valence-electron chi connectivity index (χ2n) is 7.09. The van der Waals surface area contributed by atoms with Gasteiger partial charge in [-0.2, -0.15) is 5.10 Å². The lowest BCUT2D eigenvalue weighted by Crippen LogP contribution is -2.33. The molecule has 0 bridgehead atoms. The Morgan fingerprint density at radius 1 is 1.33 bits per heavy atom. The maximum Gasteiger partial charge on any atom is 0.407 e. The number of hydrogen-bond acceptors (Lipinski definition) is 5. The van der Waals surface area contributed by atoms with Crippen molar-refractivity contribution in [2.75, 3.05) is 5.32 Å². The van der Waals surface area contributed by atoms with Gasteiger partial charge in [0.15, 0.2) is 5.82 Å². The van der Waals surface area contributed by atoms with Crippen LogP contribution in [-0.4, -0.2) is 39.3 Å². The highest BCUT2D eigenvalue weighted by molar-refractivity contribution is 5.91. The fourth-order valence-corrected chi connectivity index (χ4v) is 3.21. The molecule has 2 heterocycles. The number of H-pyrrole nitrogens is 1. The molecule has 0 saturated heterocycles. The number of carbonyl (C=O) groups is 2. The molecule has 2 aromatic rings.